The molecule has 1 saturated carbocycles. The van der Waals surface area contributed by atoms with Crippen LogP contribution >= 0.6 is 0 Å². The molecule has 0 spiro atoms. The zero-order valence-electron chi connectivity index (χ0n) is 9.30. The van der Waals surface area contributed by atoms with Crippen molar-refractivity contribution in [2.75, 3.05) is 7.11 Å². The van der Waals surface area contributed by atoms with E-state index in [9.17, 15) is 13.6 Å². The number of methoxy groups -OCH3 is 1. The highest BCUT2D eigenvalue weighted by Gasteiger charge is 2.50. The van der Waals surface area contributed by atoms with Gasteiger partial charge in [-0.3, -0.25) is 4.79 Å². The standard InChI is InChI=1S/C12H12F2O3/c1-17-10-5-7(13)4-9(14)8(10)6-12(2-3-12)11(15)16/h4-5H,2-3,6H2,1H3,(H,15,16). The molecule has 2 rings (SSSR count). The number of carboxylic acid groups (broad SMARTS) is 1. The third kappa shape index (κ3) is 2.09. The van der Waals surface area contributed by atoms with Gasteiger partial charge in [-0.1, -0.05) is 0 Å². The lowest BCUT2D eigenvalue weighted by Gasteiger charge is -2.14. The van der Waals surface area contributed by atoms with Gasteiger partial charge in [0.1, 0.15) is 17.4 Å². The minimum absolute atomic E-state index is 0.0393. The van der Waals surface area contributed by atoms with E-state index in [4.69, 9.17) is 9.84 Å². The molecule has 1 aromatic carbocycles. The molecule has 1 aliphatic carbocycles. The highest BCUT2D eigenvalue weighted by atomic mass is 19.1. The molecule has 0 saturated heterocycles. The summed E-state index contributed by atoms with van der Waals surface area (Å²) in [5, 5.41) is 9.04. The lowest BCUT2D eigenvalue weighted by Crippen LogP contribution is -2.18. The Labute approximate surface area is 97.0 Å². The van der Waals surface area contributed by atoms with Gasteiger partial charge in [-0.05, 0) is 19.3 Å². The molecule has 0 aliphatic heterocycles. The number of rotatable bonds is 4. The van der Waals surface area contributed by atoms with Gasteiger partial charge in [0.2, 0.25) is 0 Å². The van der Waals surface area contributed by atoms with Crippen molar-refractivity contribution in [2.45, 2.75) is 19.3 Å². The number of carboxylic acids is 1. The minimum atomic E-state index is -0.941. The van der Waals surface area contributed by atoms with E-state index in [2.05, 4.69) is 0 Å². The fraction of sp³-hybridized carbons (Fsp3) is 0.417. The van der Waals surface area contributed by atoms with Crippen LogP contribution in [0.5, 0.6) is 5.75 Å². The summed E-state index contributed by atoms with van der Waals surface area (Å²) in [6, 6.07) is 1.81. The number of hydrogen-bond donors (Lipinski definition) is 1. The summed E-state index contributed by atoms with van der Waals surface area (Å²) in [4.78, 5) is 11.0. The zero-order chi connectivity index (χ0) is 12.6. The largest absolute Gasteiger partial charge is 0.496 e. The van der Waals surface area contributed by atoms with E-state index in [1.807, 2.05) is 0 Å². The Balaban J connectivity index is 2.35. The minimum Gasteiger partial charge on any atom is -0.496 e. The first-order valence-electron chi connectivity index (χ1n) is 5.24. The van der Waals surface area contributed by atoms with Crippen molar-refractivity contribution in [3.05, 3.63) is 29.3 Å². The van der Waals surface area contributed by atoms with Crippen molar-refractivity contribution in [2.24, 2.45) is 5.41 Å². The maximum absolute atomic E-state index is 13.6. The van der Waals surface area contributed by atoms with Crippen molar-refractivity contribution in [3.63, 3.8) is 0 Å². The van der Waals surface area contributed by atoms with E-state index >= 15 is 0 Å². The molecule has 1 aromatic rings. The fourth-order valence-corrected chi connectivity index (χ4v) is 1.89. The second-order valence-electron chi connectivity index (χ2n) is 4.33. The third-order valence-electron chi connectivity index (χ3n) is 3.16. The van der Waals surface area contributed by atoms with Crippen molar-refractivity contribution in [1.82, 2.24) is 0 Å². The Hall–Kier alpha value is -1.65. The molecule has 1 aliphatic rings. The number of aliphatic carboxylic acids is 1. The van der Waals surface area contributed by atoms with E-state index in [1.54, 1.807) is 0 Å². The van der Waals surface area contributed by atoms with Crippen molar-refractivity contribution < 1.29 is 23.4 Å². The first-order chi connectivity index (χ1) is 7.98. The Morgan fingerprint density at radius 2 is 2.12 bits per heavy atom. The average molecular weight is 242 g/mol. The van der Waals surface area contributed by atoms with E-state index in [1.165, 1.54) is 7.11 Å². The molecular weight excluding hydrogens is 230 g/mol. The predicted molar refractivity (Wildman–Crippen MR) is 55.9 cm³/mol. The molecule has 1 fully saturated rings. The molecule has 0 aromatic heterocycles. The van der Waals surface area contributed by atoms with Gasteiger partial charge in [-0.2, -0.15) is 0 Å². The molecule has 0 radical (unpaired) electrons. The highest BCUT2D eigenvalue weighted by molar-refractivity contribution is 5.78. The van der Waals surface area contributed by atoms with E-state index in [0.29, 0.717) is 12.8 Å². The quantitative estimate of drug-likeness (QED) is 0.881. The maximum atomic E-state index is 13.6. The summed E-state index contributed by atoms with van der Waals surface area (Å²) in [5.74, 6) is -2.36. The van der Waals surface area contributed by atoms with Crippen LogP contribution in [0.1, 0.15) is 18.4 Å². The second kappa shape index (κ2) is 3.98. The molecule has 5 heteroatoms. The summed E-state index contributed by atoms with van der Waals surface area (Å²) in [7, 11) is 1.30. The summed E-state index contributed by atoms with van der Waals surface area (Å²) >= 11 is 0. The van der Waals surface area contributed by atoms with Gasteiger partial charge in [-0.25, -0.2) is 8.78 Å². The molecule has 1 N–H and O–H groups in total. The molecule has 3 nitrogen and oxygen atoms in total. The predicted octanol–water partition coefficient (Wildman–Crippen LogP) is 2.38. The number of benzene rings is 1. The maximum Gasteiger partial charge on any atom is 0.309 e. The SMILES string of the molecule is COc1cc(F)cc(F)c1CC1(C(=O)O)CC1. The smallest absolute Gasteiger partial charge is 0.309 e. The molecule has 0 bridgehead atoms. The molecule has 0 unspecified atom stereocenters. The average Bonchev–Trinajstić information content (AvgIpc) is 3.02. The highest BCUT2D eigenvalue weighted by Crippen LogP contribution is 2.50. The van der Waals surface area contributed by atoms with Gasteiger partial charge in [0.25, 0.3) is 0 Å². The molecule has 0 atom stereocenters. The summed E-state index contributed by atoms with van der Waals surface area (Å²) < 4.78 is 31.5. The van der Waals surface area contributed by atoms with Crippen LogP contribution in [0.2, 0.25) is 0 Å². The van der Waals surface area contributed by atoms with Crippen LogP contribution in [0, 0.1) is 17.0 Å². The van der Waals surface area contributed by atoms with Crippen LogP contribution < -0.4 is 4.74 Å². The van der Waals surface area contributed by atoms with E-state index in [-0.39, 0.29) is 17.7 Å². The number of ether oxygens (including phenoxy) is 1. The number of carbonyl (C=O) groups is 1. The van der Waals surface area contributed by atoms with Crippen molar-refractivity contribution in [1.29, 1.82) is 0 Å². The first kappa shape index (κ1) is 11.8. The topological polar surface area (TPSA) is 46.5 Å². The molecule has 92 valence electrons. The Morgan fingerprint density at radius 3 is 2.59 bits per heavy atom. The molecule has 0 heterocycles. The van der Waals surface area contributed by atoms with Gasteiger partial charge in [0.05, 0.1) is 12.5 Å². The molecule has 0 amide bonds. The Kier molecular flexibility index (Phi) is 2.77. The van der Waals surface area contributed by atoms with E-state index in [0.717, 1.165) is 12.1 Å². The van der Waals surface area contributed by atoms with Crippen LogP contribution in [-0.4, -0.2) is 18.2 Å². The zero-order valence-corrected chi connectivity index (χ0v) is 9.30. The third-order valence-corrected chi connectivity index (χ3v) is 3.16. The monoisotopic (exact) mass is 242 g/mol. The summed E-state index contributed by atoms with van der Waals surface area (Å²) in [6.07, 6.45) is 1.07. The van der Waals surface area contributed by atoms with E-state index < -0.39 is 23.0 Å². The van der Waals surface area contributed by atoms with Gasteiger partial charge in [-0.15, -0.1) is 0 Å². The van der Waals surface area contributed by atoms with Crippen LogP contribution in [0.4, 0.5) is 8.78 Å². The first-order valence-corrected chi connectivity index (χ1v) is 5.24. The van der Waals surface area contributed by atoms with Crippen LogP contribution in [0.15, 0.2) is 12.1 Å². The summed E-state index contributed by atoms with van der Waals surface area (Å²) in [5.41, 5.74) is -0.764. The lowest BCUT2D eigenvalue weighted by atomic mass is 9.95. The summed E-state index contributed by atoms with van der Waals surface area (Å²) in [6.45, 7) is 0. The van der Waals surface area contributed by atoms with Crippen molar-refractivity contribution in [3.8, 4) is 5.75 Å². The van der Waals surface area contributed by atoms with Crippen molar-refractivity contribution >= 4 is 5.97 Å². The van der Waals surface area contributed by atoms with Gasteiger partial charge < -0.3 is 9.84 Å². The van der Waals surface area contributed by atoms with Crippen LogP contribution in [0.3, 0.4) is 0 Å². The Bertz CT molecular complexity index is 467. The van der Waals surface area contributed by atoms with Gasteiger partial charge >= 0.3 is 5.97 Å². The van der Waals surface area contributed by atoms with Crippen LogP contribution in [0.25, 0.3) is 0 Å². The number of hydrogen-bond acceptors (Lipinski definition) is 2. The Morgan fingerprint density at radius 1 is 1.47 bits per heavy atom. The number of halogens is 2. The lowest BCUT2D eigenvalue weighted by molar-refractivity contribution is -0.143. The molecule has 17 heavy (non-hydrogen) atoms. The fourth-order valence-electron chi connectivity index (χ4n) is 1.89. The normalized spacial score (nSPS) is 16.6. The van der Waals surface area contributed by atoms with Crippen LogP contribution in [-0.2, 0) is 11.2 Å². The van der Waals surface area contributed by atoms with Gasteiger partial charge in [0.15, 0.2) is 0 Å². The molecular formula is C12H12F2O3. The second-order valence-corrected chi connectivity index (χ2v) is 4.33. The van der Waals surface area contributed by atoms with Gasteiger partial charge in [0, 0.05) is 17.7 Å².